The van der Waals surface area contributed by atoms with Crippen LogP contribution in [-0.2, 0) is 32.5 Å². The molecule has 124 valence electrons. The molecule has 0 spiro atoms. The fourth-order valence-corrected chi connectivity index (χ4v) is 4.68. The summed E-state index contributed by atoms with van der Waals surface area (Å²) in [6.07, 6.45) is 2.25. The Kier molecular flexibility index (Phi) is 4.25. The van der Waals surface area contributed by atoms with Gasteiger partial charge < -0.3 is 0 Å². The summed E-state index contributed by atoms with van der Waals surface area (Å²) in [6.45, 7) is 0. The number of likely N-dealkylation sites (N-methyl/N-ethyl adjacent to an activating group) is 1. The Balaban J connectivity index is 1.54. The minimum Gasteiger partial charge on any atom is -0.284 e. The van der Waals surface area contributed by atoms with E-state index in [2.05, 4.69) is 16.9 Å². The minimum atomic E-state index is -3.57. The Morgan fingerprint density at radius 3 is 2.26 bits per heavy atom. The Morgan fingerprint density at radius 1 is 1.13 bits per heavy atom. The number of sulfonamides is 1. The third-order valence-electron chi connectivity index (χ3n) is 4.63. The van der Waals surface area contributed by atoms with Gasteiger partial charge in [0.25, 0.3) is 0 Å². The van der Waals surface area contributed by atoms with Crippen LogP contribution in [0.25, 0.3) is 0 Å². The standard InChI is InChI=1S/C16H20N2O4S/c1-18-15(19)10-14(16(18)20)17-23(21,22)7-6-11-8-12-4-2-3-5-13(12)9-11/h2-5,11,14,17H,6-10H2,1H3. The van der Waals surface area contributed by atoms with Crippen molar-refractivity contribution in [1.82, 2.24) is 9.62 Å². The second-order valence-corrected chi connectivity index (χ2v) is 8.19. The van der Waals surface area contributed by atoms with Crippen LogP contribution in [0.1, 0.15) is 24.0 Å². The highest BCUT2D eigenvalue weighted by molar-refractivity contribution is 7.89. The maximum atomic E-state index is 12.2. The van der Waals surface area contributed by atoms with E-state index in [-0.39, 0.29) is 18.1 Å². The average Bonchev–Trinajstić information content (AvgIpc) is 3.02. The summed E-state index contributed by atoms with van der Waals surface area (Å²) in [5.41, 5.74) is 2.59. The minimum absolute atomic E-state index is 0.0205. The van der Waals surface area contributed by atoms with Gasteiger partial charge in [-0.15, -0.1) is 0 Å². The molecule has 1 aromatic rings. The summed E-state index contributed by atoms with van der Waals surface area (Å²) in [6, 6.07) is 7.22. The van der Waals surface area contributed by atoms with Crippen molar-refractivity contribution in [1.29, 1.82) is 0 Å². The van der Waals surface area contributed by atoms with E-state index in [0.717, 1.165) is 17.7 Å². The number of nitrogens with one attached hydrogen (secondary N) is 1. The molecule has 1 aliphatic heterocycles. The molecule has 1 heterocycles. The van der Waals surface area contributed by atoms with Crippen molar-refractivity contribution in [2.75, 3.05) is 12.8 Å². The number of carbonyl (C=O) groups is 2. The molecule has 1 N–H and O–H groups in total. The van der Waals surface area contributed by atoms with E-state index in [0.29, 0.717) is 12.3 Å². The topological polar surface area (TPSA) is 83.6 Å². The number of rotatable bonds is 5. The van der Waals surface area contributed by atoms with Crippen LogP contribution in [0.3, 0.4) is 0 Å². The molecule has 3 rings (SSSR count). The molecule has 2 aliphatic rings. The predicted octanol–water partition coefficient (Wildman–Crippen LogP) is 0.468. The largest absolute Gasteiger partial charge is 0.284 e. The van der Waals surface area contributed by atoms with Gasteiger partial charge in [-0.3, -0.25) is 14.5 Å². The first-order valence-electron chi connectivity index (χ1n) is 7.73. The van der Waals surface area contributed by atoms with Gasteiger partial charge in [0, 0.05) is 7.05 Å². The van der Waals surface area contributed by atoms with Crippen LogP contribution in [0.15, 0.2) is 24.3 Å². The van der Waals surface area contributed by atoms with E-state index < -0.39 is 22.0 Å². The van der Waals surface area contributed by atoms with Crippen LogP contribution in [0.5, 0.6) is 0 Å². The van der Waals surface area contributed by atoms with E-state index >= 15 is 0 Å². The van der Waals surface area contributed by atoms with E-state index in [1.54, 1.807) is 0 Å². The van der Waals surface area contributed by atoms with Gasteiger partial charge in [-0.25, -0.2) is 13.1 Å². The summed E-state index contributed by atoms with van der Waals surface area (Å²) in [7, 11) is -2.20. The van der Waals surface area contributed by atoms with Gasteiger partial charge in [0.1, 0.15) is 6.04 Å². The number of benzene rings is 1. The number of fused-ring (bicyclic) bond motifs is 1. The number of likely N-dealkylation sites (tertiary alicyclic amines) is 1. The van der Waals surface area contributed by atoms with Crippen LogP contribution in [-0.4, -0.2) is 44.0 Å². The predicted molar refractivity (Wildman–Crippen MR) is 85.1 cm³/mol. The Hall–Kier alpha value is -1.73. The number of imide groups is 1. The number of hydrogen-bond donors (Lipinski definition) is 1. The van der Waals surface area contributed by atoms with E-state index in [1.165, 1.54) is 18.2 Å². The lowest BCUT2D eigenvalue weighted by Gasteiger charge is -2.13. The first-order chi connectivity index (χ1) is 10.9. The fourth-order valence-electron chi connectivity index (χ4n) is 3.30. The Bertz CT molecular complexity index is 719. The van der Waals surface area contributed by atoms with Gasteiger partial charge in [-0.2, -0.15) is 0 Å². The lowest BCUT2D eigenvalue weighted by molar-refractivity contribution is -0.137. The first kappa shape index (κ1) is 16.1. The highest BCUT2D eigenvalue weighted by Crippen LogP contribution is 2.28. The zero-order valence-corrected chi connectivity index (χ0v) is 13.8. The molecular weight excluding hydrogens is 316 g/mol. The van der Waals surface area contributed by atoms with Crippen molar-refractivity contribution in [3.63, 3.8) is 0 Å². The van der Waals surface area contributed by atoms with Crippen LogP contribution >= 0.6 is 0 Å². The number of carbonyl (C=O) groups excluding carboxylic acids is 2. The molecule has 7 heteroatoms. The summed E-state index contributed by atoms with van der Waals surface area (Å²) < 4.78 is 26.7. The second kappa shape index (κ2) is 6.05. The molecule has 1 aromatic carbocycles. The fraction of sp³-hybridized carbons (Fsp3) is 0.500. The highest BCUT2D eigenvalue weighted by atomic mass is 32.2. The molecule has 0 radical (unpaired) electrons. The van der Waals surface area contributed by atoms with Crippen LogP contribution < -0.4 is 4.72 Å². The molecule has 1 saturated heterocycles. The molecule has 0 aromatic heterocycles. The van der Waals surface area contributed by atoms with Gasteiger partial charge in [-0.1, -0.05) is 24.3 Å². The van der Waals surface area contributed by atoms with Crippen LogP contribution in [0.4, 0.5) is 0 Å². The third-order valence-corrected chi connectivity index (χ3v) is 6.05. The summed E-state index contributed by atoms with van der Waals surface area (Å²) in [5, 5.41) is 0. The third kappa shape index (κ3) is 3.45. The summed E-state index contributed by atoms with van der Waals surface area (Å²) >= 11 is 0. The van der Waals surface area contributed by atoms with Crippen LogP contribution in [0, 0.1) is 5.92 Å². The zero-order valence-electron chi connectivity index (χ0n) is 13.0. The van der Waals surface area contributed by atoms with Gasteiger partial charge in [-0.05, 0) is 36.3 Å². The molecular formula is C16H20N2O4S. The van der Waals surface area contributed by atoms with E-state index in [9.17, 15) is 18.0 Å². The maximum absolute atomic E-state index is 12.2. The molecule has 1 aliphatic carbocycles. The molecule has 6 nitrogen and oxygen atoms in total. The van der Waals surface area contributed by atoms with Gasteiger partial charge >= 0.3 is 0 Å². The lowest BCUT2D eigenvalue weighted by atomic mass is 10.0. The zero-order chi connectivity index (χ0) is 16.6. The van der Waals surface area contributed by atoms with Crippen LogP contribution in [0.2, 0.25) is 0 Å². The second-order valence-electron chi connectivity index (χ2n) is 6.32. The van der Waals surface area contributed by atoms with Gasteiger partial charge in [0.2, 0.25) is 21.8 Å². The molecule has 2 amide bonds. The van der Waals surface area contributed by atoms with Crippen molar-refractivity contribution in [3.05, 3.63) is 35.4 Å². The van der Waals surface area contributed by atoms with Crippen molar-refractivity contribution < 1.29 is 18.0 Å². The summed E-state index contributed by atoms with van der Waals surface area (Å²) in [4.78, 5) is 24.2. The molecule has 23 heavy (non-hydrogen) atoms. The van der Waals surface area contributed by atoms with Crippen molar-refractivity contribution in [3.8, 4) is 0 Å². The highest BCUT2D eigenvalue weighted by Gasteiger charge is 2.38. The van der Waals surface area contributed by atoms with Crippen molar-refractivity contribution in [2.24, 2.45) is 5.92 Å². The van der Waals surface area contributed by atoms with Crippen molar-refractivity contribution >= 4 is 21.8 Å². The Labute approximate surface area is 135 Å². The summed E-state index contributed by atoms with van der Waals surface area (Å²) in [5.74, 6) is -0.541. The van der Waals surface area contributed by atoms with Crippen molar-refractivity contribution in [2.45, 2.75) is 31.7 Å². The molecule has 1 unspecified atom stereocenters. The first-order valence-corrected chi connectivity index (χ1v) is 9.38. The lowest BCUT2D eigenvalue weighted by Crippen LogP contribution is -2.41. The van der Waals surface area contributed by atoms with E-state index in [4.69, 9.17) is 0 Å². The quantitative estimate of drug-likeness (QED) is 0.792. The molecule has 1 fully saturated rings. The molecule has 0 bridgehead atoms. The number of amides is 2. The molecule has 0 saturated carbocycles. The SMILES string of the molecule is CN1C(=O)CC(NS(=O)(=O)CCC2Cc3ccccc3C2)C1=O. The normalized spacial score (nSPS) is 22.0. The number of hydrogen-bond acceptors (Lipinski definition) is 4. The van der Waals surface area contributed by atoms with Gasteiger partial charge in [0.05, 0.1) is 12.2 Å². The van der Waals surface area contributed by atoms with Gasteiger partial charge in [0.15, 0.2) is 0 Å². The Morgan fingerprint density at radius 2 is 1.74 bits per heavy atom. The van der Waals surface area contributed by atoms with E-state index in [1.807, 2.05) is 12.1 Å². The molecule has 1 atom stereocenters. The number of nitrogens with zero attached hydrogens (tertiary/aromatic N) is 1. The average molecular weight is 336 g/mol. The maximum Gasteiger partial charge on any atom is 0.247 e. The monoisotopic (exact) mass is 336 g/mol. The smallest absolute Gasteiger partial charge is 0.247 e.